The summed E-state index contributed by atoms with van der Waals surface area (Å²) in [6, 6.07) is 3.87. The summed E-state index contributed by atoms with van der Waals surface area (Å²) in [5, 5.41) is 12.8. The molecule has 0 aliphatic carbocycles. The quantitative estimate of drug-likeness (QED) is 0.845. The smallest absolute Gasteiger partial charge is 0.142 e. The van der Waals surface area contributed by atoms with E-state index in [1.54, 1.807) is 18.0 Å². The second-order valence-electron chi connectivity index (χ2n) is 3.63. The third-order valence-corrected chi connectivity index (χ3v) is 3.84. The number of aliphatic hydroxyl groups excluding tert-OH is 1. The number of aliphatic hydroxyl groups is 1. The van der Waals surface area contributed by atoms with Crippen LogP contribution in [0.3, 0.4) is 0 Å². The minimum atomic E-state index is 0.104. The number of rotatable bonds is 5. The van der Waals surface area contributed by atoms with Gasteiger partial charge in [-0.2, -0.15) is 11.8 Å². The lowest BCUT2D eigenvalue weighted by Crippen LogP contribution is -2.12. The summed E-state index contributed by atoms with van der Waals surface area (Å²) < 4.78 is 0.954. The van der Waals surface area contributed by atoms with Gasteiger partial charge in [0.15, 0.2) is 0 Å². The van der Waals surface area contributed by atoms with E-state index in [-0.39, 0.29) is 12.7 Å². The van der Waals surface area contributed by atoms with Crippen LogP contribution in [0.25, 0.3) is 0 Å². The average Bonchev–Trinajstić information content (AvgIpc) is 2.79. The Labute approximate surface area is 113 Å². The van der Waals surface area contributed by atoms with E-state index < -0.39 is 0 Å². The third-order valence-electron chi connectivity index (χ3n) is 2.30. The molecule has 0 bridgehead atoms. The number of halogens is 1. The van der Waals surface area contributed by atoms with Crippen LogP contribution in [0.15, 0.2) is 28.0 Å². The summed E-state index contributed by atoms with van der Waals surface area (Å²) in [6.45, 7) is 0.208. The van der Waals surface area contributed by atoms with Gasteiger partial charge in [0, 0.05) is 28.6 Å². The molecule has 1 aromatic rings. The molecule has 1 aliphatic heterocycles. The van der Waals surface area contributed by atoms with Crippen LogP contribution in [0.1, 0.15) is 12.1 Å². The number of pyridine rings is 1. The van der Waals surface area contributed by atoms with E-state index in [1.807, 2.05) is 12.1 Å². The van der Waals surface area contributed by atoms with E-state index in [4.69, 9.17) is 9.94 Å². The van der Waals surface area contributed by atoms with Crippen LogP contribution in [0.4, 0.5) is 0 Å². The lowest BCUT2D eigenvalue weighted by Gasteiger charge is -2.06. The minimum absolute atomic E-state index is 0.104. The zero-order chi connectivity index (χ0) is 12.1. The predicted molar refractivity (Wildman–Crippen MR) is 72.4 cm³/mol. The number of hydrogen-bond acceptors (Lipinski definition) is 5. The lowest BCUT2D eigenvalue weighted by molar-refractivity contribution is 0.103. The Balaban J connectivity index is 1.86. The van der Waals surface area contributed by atoms with Crippen LogP contribution in [-0.2, 0) is 4.84 Å². The largest absolute Gasteiger partial charge is 0.396 e. The molecular formula is C11H13BrN2O2S. The fourth-order valence-corrected chi connectivity index (χ4v) is 2.47. The van der Waals surface area contributed by atoms with Gasteiger partial charge in [-0.25, -0.2) is 0 Å². The molecule has 1 aromatic heterocycles. The Hall–Kier alpha value is -0.590. The number of aromatic nitrogens is 1. The van der Waals surface area contributed by atoms with Crippen LogP contribution < -0.4 is 0 Å². The molecule has 1 atom stereocenters. The zero-order valence-electron chi connectivity index (χ0n) is 9.17. The van der Waals surface area contributed by atoms with E-state index in [0.717, 1.165) is 33.8 Å². The maximum Gasteiger partial charge on any atom is 0.142 e. The molecule has 1 aliphatic rings. The highest BCUT2D eigenvalue weighted by atomic mass is 79.9. The van der Waals surface area contributed by atoms with Gasteiger partial charge in [-0.05, 0) is 28.1 Å². The summed E-state index contributed by atoms with van der Waals surface area (Å²) in [4.78, 5) is 9.62. The molecule has 1 unspecified atom stereocenters. The molecule has 0 saturated carbocycles. The normalized spacial score (nSPS) is 18.9. The number of thioether (sulfide) groups is 1. The Bertz CT molecular complexity index is 397. The summed E-state index contributed by atoms with van der Waals surface area (Å²) in [6.07, 6.45) is 2.64. The molecule has 0 saturated heterocycles. The van der Waals surface area contributed by atoms with Gasteiger partial charge in [-0.15, -0.1) is 0 Å². The Morgan fingerprint density at radius 1 is 1.53 bits per heavy atom. The standard InChI is InChI=1S/C11H13BrN2O2S/c12-8-1-2-10(13-6-8)11-5-9(16-14-11)7-17-4-3-15/h1-2,6,9,15H,3-5,7H2. The second kappa shape index (κ2) is 6.37. The van der Waals surface area contributed by atoms with Crippen molar-refractivity contribution in [2.45, 2.75) is 12.5 Å². The minimum Gasteiger partial charge on any atom is -0.396 e. The molecule has 0 spiro atoms. The number of nitrogens with zero attached hydrogens (tertiary/aromatic N) is 2. The van der Waals surface area contributed by atoms with Crippen molar-refractivity contribution in [1.82, 2.24) is 4.98 Å². The first-order chi connectivity index (χ1) is 8.29. The first-order valence-electron chi connectivity index (χ1n) is 5.33. The lowest BCUT2D eigenvalue weighted by atomic mass is 10.1. The Morgan fingerprint density at radius 3 is 3.12 bits per heavy atom. The predicted octanol–water partition coefficient (Wildman–Crippen LogP) is 2.06. The highest BCUT2D eigenvalue weighted by Crippen LogP contribution is 2.19. The van der Waals surface area contributed by atoms with E-state index in [1.165, 1.54) is 0 Å². The molecule has 1 N–H and O–H groups in total. The Kier molecular flexibility index (Phi) is 4.82. The van der Waals surface area contributed by atoms with E-state index >= 15 is 0 Å². The topological polar surface area (TPSA) is 54.7 Å². The van der Waals surface area contributed by atoms with Gasteiger partial charge in [-0.1, -0.05) is 5.16 Å². The van der Waals surface area contributed by atoms with E-state index in [0.29, 0.717) is 0 Å². The van der Waals surface area contributed by atoms with Crippen LogP contribution in [0, 0.1) is 0 Å². The van der Waals surface area contributed by atoms with E-state index in [9.17, 15) is 0 Å². The fraction of sp³-hybridized carbons (Fsp3) is 0.455. The van der Waals surface area contributed by atoms with Crippen molar-refractivity contribution in [2.24, 2.45) is 5.16 Å². The number of hydrogen-bond donors (Lipinski definition) is 1. The molecular weight excluding hydrogens is 304 g/mol. The maximum atomic E-state index is 8.69. The van der Waals surface area contributed by atoms with Gasteiger partial charge in [0.05, 0.1) is 12.3 Å². The fourth-order valence-electron chi connectivity index (χ4n) is 1.49. The first kappa shape index (κ1) is 12.9. The molecule has 0 fully saturated rings. The first-order valence-corrected chi connectivity index (χ1v) is 7.27. The number of oxime groups is 1. The monoisotopic (exact) mass is 316 g/mol. The van der Waals surface area contributed by atoms with Gasteiger partial charge in [0.1, 0.15) is 11.8 Å². The zero-order valence-corrected chi connectivity index (χ0v) is 11.6. The molecule has 0 radical (unpaired) electrons. The van der Waals surface area contributed by atoms with Crippen LogP contribution in [0.2, 0.25) is 0 Å². The van der Waals surface area contributed by atoms with Gasteiger partial charge in [0.25, 0.3) is 0 Å². The van der Waals surface area contributed by atoms with E-state index in [2.05, 4.69) is 26.1 Å². The molecule has 2 heterocycles. The summed E-state index contributed by atoms with van der Waals surface area (Å²) >= 11 is 5.02. The van der Waals surface area contributed by atoms with Crippen LogP contribution in [-0.4, -0.2) is 40.0 Å². The van der Waals surface area contributed by atoms with Crippen LogP contribution >= 0.6 is 27.7 Å². The summed E-state index contributed by atoms with van der Waals surface area (Å²) in [5.74, 6) is 1.59. The van der Waals surface area contributed by atoms with Crippen molar-refractivity contribution in [3.63, 3.8) is 0 Å². The summed E-state index contributed by atoms with van der Waals surface area (Å²) in [5.41, 5.74) is 1.76. The summed E-state index contributed by atoms with van der Waals surface area (Å²) in [7, 11) is 0. The maximum absolute atomic E-state index is 8.69. The second-order valence-corrected chi connectivity index (χ2v) is 5.70. The van der Waals surface area contributed by atoms with Crippen LogP contribution in [0.5, 0.6) is 0 Å². The van der Waals surface area contributed by atoms with Gasteiger partial charge in [-0.3, -0.25) is 4.98 Å². The van der Waals surface area contributed by atoms with Crippen molar-refractivity contribution in [1.29, 1.82) is 0 Å². The van der Waals surface area contributed by atoms with Crippen molar-refractivity contribution >= 4 is 33.4 Å². The molecule has 0 aromatic carbocycles. The van der Waals surface area contributed by atoms with Gasteiger partial charge >= 0.3 is 0 Å². The average molecular weight is 317 g/mol. The molecule has 2 rings (SSSR count). The van der Waals surface area contributed by atoms with Gasteiger partial charge < -0.3 is 9.94 Å². The van der Waals surface area contributed by atoms with Gasteiger partial charge in [0.2, 0.25) is 0 Å². The molecule has 92 valence electrons. The Morgan fingerprint density at radius 2 is 2.41 bits per heavy atom. The molecule has 17 heavy (non-hydrogen) atoms. The van der Waals surface area contributed by atoms with Crippen molar-refractivity contribution in [3.8, 4) is 0 Å². The molecule has 0 amide bonds. The molecule has 6 heteroatoms. The molecule has 4 nitrogen and oxygen atoms in total. The SMILES string of the molecule is OCCSCC1CC(c2ccc(Br)cn2)=NO1. The highest BCUT2D eigenvalue weighted by Gasteiger charge is 2.22. The third kappa shape index (κ3) is 3.69. The van der Waals surface area contributed by atoms with Crippen molar-refractivity contribution in [3.05, 3.63) is 28.5 Å². The van der Waals surface area contributed by atoms with Crippen molar-refractivity contribution in [2.75, 3.05) is 18.1 Å². The highest BCUT2D eigenvalue weighted by molar-refractivity contribution is 9.10. The van der Waals surface area contributed by atoms with Crippen molar-refractivity contribution < 1.29 is 9.94 Å².